The molecule has 5 aromatic carbocycles. The fourth-order valence-corrected chi connectivity index (χ4v) is 10.8. The summed E-state index contributed by atoms with van der Waals surface area (Å²) in [6.45, 7) is 0. The molecule has 0 bridgehead atoms. The number of sulfone groups is 2. The Morgan fingerprint density at radius 2 is 1.15 bits per heavy atom. The number of hydrogen-bond acceptors (Lipinski definition) is 9. The van der Waals surface area contributed by atoms with E-state index in [1.807, 2.05) is 0 Å². The van der Waals surface area contributed by atoms with Crippen molar-refractivity contribution in [1.29, 1.82) is 0 Å². The van der Waals surface area contributed by atoms with Gasteiger partial charge in [-0.15, -0.1) is 0 Å². The first-order valence-corrected chi connectivity index (χ1v) is 16.9. The van der Waals surface area contributed by atoms with Crippen LogP contribution in [0.2, 0.25) is 0 Å². The van der Waals surface area contributed by atoms with Crippen LogP contribution in [0.3, 0.4) is 0 Å². The van der Waals surface area contributed by atoms with E-state index in [1.165, 1.54) is 116 Å². The predicted molar refractivity (Wildman–Crippen MR) is 171 cm³/mol. The minimum absolute atomic E-state index is 0.0406. The Hall–Kier alpha value is -5.33. The fraction of sp³-hybridized carbons (Fsp3) is 0.0882. The van der Waals surface area contributed by atoms with Crippen molar-refractivity contribution in [3.05, 3.63) is 166 Å². The van der Waals surface area contributed by atoms with Crippen molar-refractivity contribution in [3.8, 4) is 5.75 Å². The third kappa shape index (κ3) is 4.40. The van der Waals surface area contributed by atoms with Gasteiger partial charge in [0.1, 0.15) is 11.5 Å². The summed E-state index contributed by atoms with van der Waals surface area (Å²) < 4.78 is 64.5. The minimum Gasteiger partial charge on any atom is -0.497 e. The van der Waals surface area contributed by atoms with Crippen molar-refractivity contribution in [3.63, 3.8) is 0 Å². The van der Waals surface area contributed by atoms with Crippen molar-refractivity contribution in [2.75, 3.05) is 7.11 Å². The van der Waals surface area contributed by atoms with Gasteiger partial charge in [0.2, 0.25) is 14.6 Å². The zero-order valence-corrected chi connectivity index (χ0v) is 25.9. The van der Waals surface area contributed by atoms with Gasteiger partial charge in [-0.05, 0) is 54.1 Å². The standard InChI is InChI=1S/C34H26N2O8S2/c1-43-29-23-19-27(20-24-29)34(46(41,42)31-15-9-4-10-16-31)33(26-11-5-2-6-12-26,45(39,40)30-13-7-3-8-14-30)32(35-44-34)25-17-21-28(22-18-25)36(37)38/h2-24H,1H3. The number of nitro groups is 1. The molecule has 0 fully saturated rings. The molecular formula is C34H26N2O8S2. The van der Waals surface area contributed by atoms with Crippen molar-refractivity contribution >= 4 is 31.1 Å². The molecule has 1 aliphatic heterocycles. The Morgan fingerprint density at radius 1 is 0.652 bits per heavy atom. The van der Waals surface area contributed by atoms with Gasteiger partial charge in [-0.25, -0.2) is 16.8 Å². The Morgan fingerprint density at radius 3 is 1.65 bits per heavy atom. The van der Waals surface area contributed by atoms with E-state index in [4.69, 9.17) is 9.57 Å². The average molecular weight is 655 g/mol. The molecule has 5 aromatic rings. The largest absolute Gasteiger partial charge is 0.497 e. The van der Waals surface area contributed by atoms with E-state index in [1.54, 1.807) is 30.3 Å². The summed E-state index contributed by atoms with van der Waals surface area (Å²) >= 11 is 0. The zero-order valence-electron chi connectivity index (χ0n) is 24.3. The summed E-state index contributed by atoms with van der Waals surface area (Å²) in [6, 6.07) is 33.7. The molecule has 2 atom stereocenters. The smallest absolute Gasteiger partial charge is 0.295 e. The first-order valence-electron chi connectivity index (χ1n) is 13.9. The lowest BCUT2D eigenvalue weighted by Crippen LogP contribution is -2.60. The van der Waals surface area contributed by atoms with E-state index in [2.05, 4.69) is 5.16 Å². The summed E-state index contributed by atoms with van der Waals surface area (Å²) in [5.74, 6) is 0.391. The number of nitro benzene ring substituents is 1. The van der Waals surface area contributed by atoms with Crippen LogP contribution < -0.4 is 4.74 Å². The molecule has 0 saturated carbocycles. The quantitative estimate of drug-likeness (QED) is 0.138. The highest BCUT2D eigenvalue weighted by Gasteiger charge is 2.77. The number of ether oxygens (including phenoxy) is 1. The number of benzene rings is 5. The van der Waals surface area contributed by atoms with Gasteiger partial charge in [0, 0.05) is 23.3 Å². The molecule has 0 amide bonds. The molecule has 1 aliphatic rings. The molecule has 0 N–H and O–H groups in total. The number of oxime groups is 1. The van der Waals surface area contributed by atoms with Crippen LogP contribution in [0.4, 0.5) is 5.69 Å². The second-order valence-corrected chi connectivity index (χ2v) is 14.5. The Bertz CT molecular complexity index is 2140. The van der Waals surface area contributed by atoms with Gasteiger partial charge < -0.3 is 9.57 Å². The number of hydrogen-bond donors (Lipinski definition) is 0. The molecule has 10 nitrogen and oxygen atoms in total. The van der Waals surface area contributed by atoms with E-state index in [0.717, 1.165) is 0 Å². The molecule has 0 radical (unpaired) electrons. The highest BCUT2D eigenvalue weighted by Crippen LogP contribution is 2.61. The van der Waals surface area contributed by atoms with Crippen molar-refractivity contribution in [2.24, 2.45) is 5.16 Å². The van der Waals surface area contributed by atoms with E-state index < -0.39 is 34.3 Å². The normalized spacial score (nSPS) is 19.5. The second-order valence-electron chi connectivity index (χ2n) is 10.4. The van der Waals surface area contributed by atoms with E-state index >= 15 is 16.8 Å². The maximum absolute atomic E-state index is 15.5. The van der Waals surface area contributed by atoms with Gasteiger partial charge in [0.15, 0.2) is 9.84 Å². The first-order chi connectivity index (χ1) is 22.1. The molecule has 0 saturated heterocycles. The lowest BCUT2D eigenvalue weighted by molar-refractivity contribution is -0.384. The van der Waals surface area contributed by atoms with Gasteiger partial charge in [-0.2, -0.15) is 0 Å². The van der Waals surface area contributed by atoms with Crippen LogP contribution in [-0.4, -0.2) is 34.6 Å². The lowest BCUT2D eigenvalue weighted by atomic mass is 9.81. The van der Waals surface area contributed by atoms with Crippen LogP contribution >= 0.6 is 0 Å². The summed E-state index contributed by atoms with van der Waals surface area (Å²) in [6.07, 6.45) is 0. The second kappa shape index (κ2) is 11.5. The Labute approximate surface area is 265 Å². The maximum Gasteiger partial charge on any atom is 0.295 e. The number of non-ortho nitro benzene ring substituents is 1. The first kappa shape index (κ1) is 30.7. The highest BCUT2D eigenvalue weighted by molar-refractivity contribution is 7.97. The van der Waals surface area contributed by atoms with Gasteiger partial charge in [-0.3, -0.25) is 10.1 Å². The number of methoxy groups -OCH3 is 1. The van der Waals surface area contributed by atoms with E-state index in [9.17, 15) is 10.1 Å². The van der Waals surface area contributed by atoms with Gasteiger partial charge in [-0.1, -0.05) is 84.0 Å². The molecule has 232 valence electrons. The SMILES string of the molecule is COc1ccc(C2(S(=O)(=O)c3ccccc3)ON=C(c3ccc([N+](=O)[O-])cc3)C2(c2ccccc2)S(=O)(=O)c2ccccc2)cc1. The van der Waals surface area contributed by atoms with Crippen LogP contribution in [0.25, 0.3) is 0 Å². The summed E-state index contributed by atoms with van der Waals surface area (Å²) in [5.41, 5.74) is -0.414. The van der Waals surface area contributed by atoms with Crippen LogP contribution in [-0.2, 0) is 34.2 Å². The molecule has 0 aromatic heterocycles. The maximum atomic E-state index is 15.5. The molecule has 1 heterocycles. The fourth-order valence-electron chi connectivity index (χ4n) is 5.85. The Kier molecular flexibility index (Phi) is 7.70. The molecule has 0 aliphatic carbocycles. The van der Waals surface area contributed by atoms with Crippen LogP contribution in [0.1, 0.15) is 16.7 Å². The summed E-state index contributed by atoms with van der Waals surface area (Å²) in [5, 5.41) is 15.8. The minimum atomic E-state index is -4.85. The summed E-state index contributed by atoms with van der Waals surface area (Å²) in [7, 11) is -8.24. The van der Waals surface area contributed by atoms with Crippen LogP contribution in [0, 0.1) is 10.1 Å². The van der Waals surface area contributed by atoms with E-state index in [-0.39, 0.29) is 37.9 Å². The molecule has 2 unspecified atom stereocenters. The topological polar surface area (TPSA) is 142 Å². The average Bonchev–Trinajstić information content (AvgIpc) is 3.48. The molecule has 12 heteroatoms. The highest BCUT2D eigenvalue weighted by atomic mass is 32.2. The zero-order chi connectivity index (χ0) is 32.6. The third-order valence-corrected chi connectivity index (χ3v) is 12.8. The van der Waals surface area contributed by atoms with Crippen LogP contribution in [0.5, 0.6) is 5.75 Å². The molecule has 46 heavy (non-hydrogen) atoms. The van der Waals surface area contributed by atoms with Crippen LogP contribution in [0.15, 0.2) is 154 Å². The summed E-state index contributed by atoms with van der Waals surface area (Å²) in [4.78, 5) is 13.9. The number of rotatable bonds is 9. The van der Waals surface area contributed by atoms with Gasteiger partial charge in [0.25, 0.3) is 10.6 Å². The van der Waals surface area contributed by atoms with Crippen molar-refractivity contribution in [2.45, 2.75) is 19.5 Å². The van der Waals surface area contributed by atoms with Crippen molar-refractivity contribution < 1.29 is 31.3 Å². The van der Waals surface area contributed by atoms with E-state index in [0.29, 0.717) is 5.75 Å². The third-order valence-electron chi connectivity index (χ3n) is 7.95. The monoisotopic (exact) mass is 654 g/mol. The number of nitrogens with zero attached hydrogens (tertiary/aromatic N) is 2. The molecule has 6 rings (SSSR count). The Balaban J connectivity index is 1.84. The van der Waals surface area contributed by atoms with Gasteiger partial charge >= 0.3 is 0 Å². The van der Waals surface area contributed by atoms with Gasteiger partial charge in [0.05, 0.1) is 21.8 Å². The molecule has 0 spiro atoms. The van der Waals surface area contributed by atoms with Crippen molar-refractivity contribution in [1.82, 2.24) is 0 Å². The molecular weight excluding hydrogens is 629 g/mol. The lowest BCUT2D eigenvalue weighted by Gasteiger charge is -2.42. The predicted octanol–water partition coefficient (Wildman–Crippen LogP) is 6.03.